The van der Waals surface area contributed by atoms with E-state index >= 15 is 0 Å². The summed E-state index contributed by atoms with van der Waals surface area (Å²) >= 11 is 2.93. The Morgan fingerprint density at radius 3 is 2.32 bits per heavy atom. The van der Waals surface area contributed by atoms with Crippen molar-refractivity contribution in [3.63, 3.8) is 0 Å². The van der Waals surface area contributed by atoms with Gasteiger partial charge in [-0.05, 0) is 54.4 Å². The Morgan fingerprint density at radius 1 is 1.06 bits per heavy atom. The molecule has 0 aliphatic heterocycles. The highest BCUT2D eigenvalue weighted by molar-refractivity contribution is 9.10. The van der Waals surface area contributed by atoms with E-state index in [1.54, 1.807) is 25.8 Å². The van der Waals surface area contributed by atoms with Crippen LogP contribution in [-0.2, 0) is 24.1 Å². The number of halogens is 4. The minimum Gasteiger partial charge on any atom is -0.493 e. The fraction of sp³-hybridized carbons (Fsp3) is 0.409. The number of benzene rings is 1. The molecule has 2 aromatic heterocycles. The molecule has 3 rings (SSSR count). The van der Waals surface area contributed by atoms with Gasteiger partial charge >= 0.3 is 6.18 Å². The van der Waals surface area contributed by atoms with Gasteiger partial charge in [0.05, 0.1) is 54.6 Å². The van der Waals surface area contributed by atoms with E-state index in [1.807, 2.05) is 25.1 Å². The van der Waals surface area contributed by atoms with Gasteiger partial charge in [-0.2, -0.15) is 23.4 Å². The van der Waals surface area contributed by atoms with Crippen molar-refractivity contribution in [2.24, 2.45) is 0 Å². The van der Waals surface area contributed by atoms with E-state index in [1.165, 1.54) is 11.6 Å². The predicted octanol–water partition coefficient (Wildman–Crippen LogP) is 4.88. The van der Waals surface area contributed by atoms with Crippen molar-refractivity contribution in [2.45, 2.75) is 46.5 Å². The number of nitrogens with zero attached hydrogens (tertiary/aromatic N) is 4. The standard InChI is InChI=1S/C22H25BrF3N5O3/c1-12-20(14(3)31(28-12)11-15-6-7-16(33-4)17(10-15)34-5)27-18(32)8-9-30-13(2)19(23)21(29-30)22(24,25)26/h6-7,10H,8-9,11H2,1-5H3,(H,27,32). The summed E-state index contributed by atoms with van der Waals surface area (Å²) in [6, 6.07) is 5.56. The lowest BCUT2D eigenvalue weighted by Gasteiger charge is -2.11. The molecule has 0 aliphatic carbocycles. The Labute approximate surface area is 203 Å². The number of carbonyl (C=O) groups is 1. The van der Waals surface area contributed by atoms with E-state index < -0.39 is 11.9 Å². The van der Waals surface area contributed by atoms with Gasteiger partial charge in [0, 0.05) is 6.42 Å². The molecule has 0 saturated heterocycles. The zero-order valence-electron chi connectivity index (χ0n) is 19.4. The molecule has 0 spiro atoms. The van der Waals surface area contributed by atoms with Gasteiger partial charge in [0.15, 0.2) is 17.2 Å². The van der Waals surface area contributed by atoms with Gasteiger partial charge in [0.1, 0.15) is 0 Å². The minimum atomic E-state index is -4.58. The lowest BCUT2D eigenvalue weighted by Crippen LogP contribution is -2.17. The third-order valence-corrected chi connectivity index (χ3v) is 6.33. The highest BCUT2D eigenvalue weighted by atomic mass is 79.9. The topological polar surface area (TPSA) is 83.2 Å². The van der Waals surface area contributed by atoms with Crippen LogP contribution < -0.4 is 14.8 Å². The summed E-state index contributed by atoms with van der Waals surface area (Å²) in [5.74, 6) is 0.870. The SMILES string of the molecule is COc1ccc(Cn2nc(C)c(NC(=O)CCn3nc(C(F)(F)F)c(Br)c3C)c2C)cc1OC. The predicted molar refractivity (Wildman–Crippen MR) is 123 cm³/mol. The molecule has 1 aromatic carbocycles. The van der Waals surface area contributed by atoms with Crippen LogP contribution in [0.15, 0.2) is 22.7 Å². The van der Waals surface area contributed by atoms with Crippen LogP contribution in [0.25, 0.3) is 0 Å². The smallest absolute Gasteiger partial charge is 0.436 e. The number of carbonyl (C=O) groups excluding carboxylic acids is 1. The van der Waals surface area contributed by atoms with E-state index in [2.05, 4.69) is 31.4 Å². The Hall–Kier alpha value is -3.02. The molecule has 0 saturated carbocycles. The van der Waals surface area contributed by atoms with E-state index in [0.717, 1.165) is 11.3 Å². The number of rotatable bonds is 8. The molecule has 0 radical (unpaired) electrons. The first-order valence-corrected chi connectivity index (χ1v) is 11.1. The second kappa shape index (κ2) is 10.1. The number of methoxy groups -OCH3 is 2. The summed E-state index contributed by atoms with van der Waals surface area (Å²) in [5.41, 5.74) is 2.17. The van der Waals surface area contributed by atoms with Crippen LogP contribution in [0.4, 0.5) is 18.9 Å². The number of hydrogen-bond acceptors (Lipinski definition) is 5. The molecule has 8 nitrogen and oxygen atoms in total. The summed E-state index contributed by atoms with van der Waals surface area (Å²) in [5, 5.41) is 10.9. The first-order valence-electron chi connectivity index (χ1n) is 10.3. The average molecular weight is 544 g/mol. The minimum absolute atomic E-state index is 0.00419. The highest BCUT2D eigenvalue weighted by Crippen LogP contribution is 2.35. The van der Waals surface area contributed by atoms with Crippen molar-refractivity contribution in [1.29, 1.82) is 0 Å². The molecule has 2 heterocycles. The number of hydrogen-bond donors (Lipinski definition) is 1. The van der Waals surface area contributed by atoms with E-state index in [4.69, 9.17) is 9.47 Å². The lowest BCUT2D eigenvalue weighted by atomic mass is 10.2. The normalized spacial score (nSPS) is 11.6. The number of anilines is 1. The fourth-order valence-corrected chi connectivity index (χ4v) is 4.02. The number of aryl methyl sites for hydroxylation is 2. The molecule has 0 unspecified atom stereocenters. The molecule has 12 heteroatoms. The number of nitrogens with one attached hydrogen (secondary N) is 1. The Bertz CT molecular complexity index is 1200. The van der Waals surface area contributed by atoms with E-state index in [-0.39, 0.29) is 23.3 Å². The van der Waals surface area contributed by atoms with Crippen molar-refractivity contribution < 1.29 is 27.4 Å². The second-order valence-electron chi connectivity index (χ2n) is 7.66. The maximum Gasteiger partial charge on any atom is 0.436 e. The molecule has 0 atom stereocenters. The molecule has 0 fully saturated rings. The zero-order valence-corrected chi connectivity index (χ0v) is 21.0. The van der Waals surface area contributed by atoms with Crippen LogP contribution in [0, 0.1) is 20.8 Å². The van der Waals surface area contributed by atoms with Crippen LogP contribution in [0.5, 0.6) is 11.5 Å². The van der Waals surface area contributed by atoms with Crippen LogP contribution in [0.2, 0.25) is 0 Å². The first kappa shape index (κ1) is 25.6. The molecule has 0 aliphatic rings. The van der Waals surface area contributed by atoms with Gasteiger partial charge in [-0.1, -0.05) is 6.07 Å². The number of aromatic nitrogens is 4. The Morgan fingerprint density at radius 2 is 1.74 bits per heavy atom. The van der Waals surface area contributed by atoms with Crippen molar-refractivity contribution >= 4 is 27.5 Å². The maximum atomic E-state index is 13.0. The molecular formula is C22H25BrF3N5O3. The van der Waals surface area contributed by atoms with Crippen molar-refractivity contribution in [3.8, 4) is 11.5 Å². The zero-order chi connectivity index (χ0) is 25.2. The van der Waals surface area contributed by atoms with Gasteiger partial charge in [-0.25, -0.2) is 0 Å². The third kappa shape index (κ3) is 5.37. The number of alkyl halides is 3. The van der Waals surface area contributed by atoms with Crippen LogP contribution in [0.3, 0.4) is 0 Å². The van der Waals surface area contributed by atoms with Crippen molar-refractivity contribution in [1.82, 2.24) is 19.6 Å². The average Bonchev–Trinajstić information content (AvgIpc) is 3.22. The summed E-state index contributed by atoms with van der Waals surface area (Å²) in [7, 11) is 3.13. The third-order valence-electron chi connectivity index (χ3n) is 5.38. The van der Waals surface area contributed by atoms with Crippen molar-refractivity contribution in [2.75, 3.05) is 19.5 Å². The van der Waals surface area contributed by atoms with Crippen LogP contribution in [0.1, 0.15) is 34.8 Å². The quantitative estimate of drug-likeness (QED) is 0.437. The number of ether oxygens (including phenoxy) is 2. The first-order chi connectivity index (χ1) is 16.0. The van der Waals surface area contributed by atoms with Crippen LogP contribution >= 0.6 is 15.9 Å². The van der Waals surface area contributed by atoms with Gasteiger partial charge in [-0.15, -0.1) is 0 Å². The molecule has 1 N–H and O–H groups in total. The van der Waals surface area contributed by atoms with E-state index in [9.17, 15) is 18.0 Å². The summed E-state index contributed by atoms with van der Waals surface area (Å²) < 4.78 is 52.6. The maximum absolute atomic E-state index is 13.0. The fourth-order valence-electron chi connectivity index (χ4n) is 3.52. The lowest BCUT2D eigenvalue weighted by molar-refractivity contribution is -0.142. The monoisotopic (exact) mass is 543 g/mol. The van der Waals surface area contributed by atoms with Gasteiger partial charge in [-0.3, -0.25) is 14.2 Å². The van der Waals surface area contributed by atoms with Gasteiger partial charge in [0.25, 0.3) is 0 Å². The second-order valence-corrected chi connectivity index (χ2v) is 8.45. The summed E-state index contributed by atoms with van der Waals surface area (Å²) in [6.45, 7) is 5.57. The van der Waals surface area contributed by atoms with Crippen molar-refractivity contribution in [3.05, 3.63) is 51.0 Å². The largest absolute Gasteiger partial charge is 0.493 e. The van der Waals surface area contributed by atoms with E-state index in [0.29, 0.717) is 35.1 Å². The summed E-state index contributed by atoms with van der Waals surface area (Å²) in [6.07, 6.45) is -4.63. The van der Waals surface area contributed by atoms with Gasteiger partial charge in [0.2, 0.25) is 5.91 Å². The highest BCUT2D eigenvalue weighted by Gasteiger charge is 2.37. The van der Waals surface area contributed by atoms with Gasteiger partial charge < -0.3 is 14.8 Å². The molecule has 0 bridgehead atoms. The summed E-state index contributed by atoms with van der Waals surface area (Å²) in [4.78, 5) is 12.6. The van der Waals surface area contributed by atoms with Crippen LogP contribution in [-0.4, -0.2) is 39.7 Å². The Balaban J connectivity index is 1.70. The Kier molecular flexibility index (Phi) is 7.59. The molecule has 1 amide bonds. The molecule has 184 valence electrons. The molecule has 3 aromatic rings. The molecular weight excluding hydrogens is 519 g/mol. The number of amides is 1. The molecule has 34 heavy (non-hydrogen) atoms.